The minimum atomic E-state index is -0.427. The highest BCUT2D eigenvalue weighted by atomic mass is 19.1. The molecule has 9 heteroatoms. The van der Waals surface area contributed by atoms with E-state index in [1.54, 1.807) is 32.7 Å². The van der Waals surface area contributed by atoms with Gasteiger partial charge in [-0.3, -0.25) is 4.90 Å². The molecule has 0 spiro atoms. The van der Waals surface area contributed by atoms with Crippen LogP contribution in [0.25, 0.3) is 22.2 Å². The van der Waals surface area contributed by atoms with E-state index in [1.165, 1.54) is 12.4 Å². The lowest BCUT2D eigenvalue weighted by Gasteiger charge is -2.20. The molecule has 4 aromatic rings. The average molecular weight is 433 g/mol. The molecule has 4 heterocycles. The Morgan fingerprint density at radius 3 is 2.78 bits per heavy atom. The number of carbonyl (C=O) groups is 1. The Kier molecular flexibility index (Phi) is 4.80. The van der Waals surface area contributed by atoms with Crippen LogP contribution in [0, 0.1) is 5.82 Å². The Morgan fingerprint density at radius 1 is 1.16 bits per heavy atom. The van der Waals surface area contributed by atoms with Crippen molar-refractivity contribution in [3.8, 4) is 11.1 Å². The lowest BCUT2D eigenvalue weighted by Crippen LogP contribution is -2.32. The monoisotopic (exact) mass is 433 g/mol. The molecule has 1 aliphatic heterocycles. The molecule has 0 atom stereocenters. The molecule has 8 nitrogen and oxygen atoms in total. The van der Waals surface area contributed by atoms with Crippen molar-refractivity contribution in [3.63, 3.8) is 0 Å². The van der Waals surface area contributed by atoms with Crippen LogP contribution < -0.4 is 10.6 Å². The number of nitrogen functional groups attached to an aromatic ring is 1. The number of benzene rings is 1. The molecule has 0 unspecified atom stereocenters. The molecule has 1 aromatic carbocycles. The minimum absolute atomic E-state index is 0.121. The average Bonchev–Trinajstić information content (AvgIpc) is 3.47. The molecular weight excluding hydrogens is 409 g/mol. The Balaban J connectivity index is 1.43. The first-order chi connectivity index (χ1) is 15.5. The number of aromatic nitrogens is 4. The molecule has 0 bridgehead atoms. The summed E-state index contributed by atoms with van der Waals surface area (Å²) in [7, 11) is 1.83. The van der Waals surface area contributed by atoms with Gasteiger partial charge in [0, 0.05) is 61.6 Å². The number of hydrogen-bond donors (Lipinski definition) is 1. The van der Waals surface area contributed by atoms with Gasteiger partial charge in [-0.25, -0.2) is 19.2 Å². The minimum Gasteiger partial charge on any atom is -0.383 e. The first kappa shape index (κ1) is 20.0. The van der Waals surface area contributed by atoms with Crippen LogP contribution >= 0.6 is 0 Å². The number of nitrogens with two attached hydrogens (primary N) is 1. The van der Waals surface area contributed by atoms with Crippen molar-refractivity contribution in [2.75, 3.05) is 23.7 Å². The summed E-state index contributed by atoms with van der Waals surface area (Å²) in [6, 6.07) is 8.75. The highest BCUT2D eigenvalue weighted by Crippen LogP contribution is 2.35. The normalized spacial score (nSPS) is 14.2. The summed E-state index contributed by atoms with van der Waals surface area (Å²) in [5.41, 5.74) is 9.32. The van der Waals surface area contributed by atoms with Gasteiger partial charge in [0.05, 0.1) is 11.9 Å². The highest BCUT2D eigenvalue weighted by molar-refractivity contribution is 6.01. The second-order valence-electron chi connectivity index (χ2n) is 7.92. The number of hydrogen-bond acceptors (Lipinski definition) is 4. The van der Waals surface area contributed by atoms with Gasteiger partial charge in [-0.05, 0) is 37.3 Å². The van der Waals surface area contributed by atoms with Gasteiger partial charge in [0.2, 0.25) is 0 Å². The lowest BCUT2D eigenvalue weighted by atomic mass is 10.0. The number of rotatable bonds is 5. The third kappa shape index (κ3) is 3.17. The fourth-order valence-corrected chi connectivity index (χ4v) is 4.40. The van der Waals surface area contributed by atoms with Gasteiger partial charge in [0.1, 0.15) is 23.6 Å². The van der Waals surface area contributed by atoms with Crippen LogP contribution in [0.4, 0.5) is 20.7 Å². The number of urea groups is 1. The predicted octanol–water partition coefficient (Wildman–Crippen LogP) is 3.62. The summed E-state index contributed by atoms with van der Waals surface area (Å²) < 4.78 is 19.2. The zero-order valence-corrected chi connectivity index (χ0v) is 18.0. The molecule has 1 saturated heterocycles. The number of fused-ring (bicyclic) bond motifs is 1. The van der Waals surface area contributed by atoms with Gasteiger partial charge in [-0.1, -0.05) is 0 Å². The van der Waals surface area contributed by atoms with Crippen molar-refractivity contribution in [1.29, 1.82) is 0 Å². The van der Waals surface area contributed by atoms with Gasteiger partial charge >= 0.3 is 6.03 Å². The summed E-state index contributed by atoms with van der Waals surface area (Å²) in [6.07, 6.45) is 5.19. The van der Waals surface area contributed by atoms with Crippen molar-refractivity contribution in [2.24, 2.45) is 7.05 Å². The van der Waals surface area contributed by atoms with E-state index >= 15 is 4.39 Å². The zero-order chi connectivity index (χ0) is 22.4. The van der Waals surface area contributed by atoms with Crippen LogP contribution in [0.15, 0.2) is 49.1 Å². The molecule has 5 rings (SSSR count). The summed E-state index contributed by atoms with van der Waals surface area (Å²) in [4.78, 5) is 24.7. The zero-order valence-electron chi connectivity index (χ0n) is 18.0. The van der Waals surface area contributed by atoms with E-state index in [-0.39, 0.29) is 6.03 Å². The van der Waals surface area contributed by atoms with Gasteiger partial charge in [0.25, 0.3) is 0 Å². The predicted molar refractivity (Wildman–Crippen MR) is 122 cm³/mol. The maximum absolute atomic E-state index is 15.2. The van der Waals surface area contributed by atoms with Crippen LogP contribution in [-0.4, -0.2) is 43.1 Å². The van der Waals surface area contributed by atoms with Gasteiger partial charge in [-0.15, -0.1) is 0 Å². The van der Waals surface area contributed by atoms with Crippen molar-refractivity contribution in [1.82, 2.24) is 24.0 Å². The van der Waals surface area contributed by atoms with E-state index in [1.807, 2.05) is 25.4 Å². The molecule has 2 amide bonds. The fraction of sp³-hybridized carbons (Fsp3) is 0.261. The topological polar surface area (TPSA) is 85.2 Å². The smallest absolute Gasteiger partial charge is 0.324 e. The second kappa shape index (κ2) is 7.67. The molecule has 1 aliphatic rings. The molecule has 0 saturated carbocycles. The third-order valence-electron chi connectivity index (χ3n) is 6.05. The molecule has 164 valence electrons. The quantitative estimate of drug-likeness (QED) is 0.521. The molecule has 2 N–H and O–H groups in total. The first-order valence-corrected chi connectivity index (χ1v) is 10.5. The second-order valence-corrected chi connectivity index (χ2v) is 7.92. The molecule has 0 aliphatic carbocycles. The number of aryl methyl sites for hydroxylation is 2. The van der Waals surface area contributed by atoms with E-state index < -0.39 is 5.82 Å². The number of nitrogens with zero attached hydrogens (tertiary/aromatic N) is 6. The van der Waals surface area contributed by atoms with Crippen LogP contribution in [0.5, 0.6) is 0 Å². The maximum Gasteiger partial charge on any atom is 0.324 e. The van der Waals surface area contributed by atoms with Crippen molar-refractivity contribution in [2.45, 2.75) is 20.0 Å². The molecule has 1 fully saturated rings. The number of anilines is 2. The number of halogens is 1. The molecule has 32 heavy (non-hydrogen) atoms. The van der Waals surface area contributed by atoms with E-state index in [0.29, 0.717) is 53.3 Å². The van der Waals surface area contributed by atoms with E-state index in [4.69, 9.17) is 5.73 Å². The first-order valence-electron chi connectivity index (χ1n) is 10.5. The van der Waals surface area contributed by atoms with Gasteiger partial charge < -0.3 is 19.8 Å². The van der Waals surface area contributed by atoms with E-state index in [9.17, 15) is 4.79 Å². The van der Waals surface area contributed by atoms with E-state index in [2.05, 4.69) is 21.5 Å². The standard InChI is InChI=1S/C23H24FN7O/c1-3-29-8-4-5-16(29)12-30-9-10-31(23(30)32)15-6-7-17(19(24)11-15)18-13-28(2)22-20(18)21(25)26-14-27-22/h4-8,11,13-14H,3,9-10,12H2,1-2H3,(H2,25,26,27). The van der Waals surface area contributed by atoms with Crippen LogP contribution in [-0.2, 0) is 20.1 Å². The molecule has 0 radical (unpaired) electrons. The number of amides is 2. The number of carbonyl (C=O) groups excluding carboxylic acids is 1. The molecular formula is C23H24FN7O. The van der Waals surface area contributed by atoms with Crippen molar-refractivity contribution >= 4 is 28.6 Å². The molecule has 3 aromatic heterocycles. The summed E-state index contributed by atoms with van der Waals surface area (Å²) in [6.45, 7) is 4.56. The summed E-state index contributed by atoms with van der Waals surface area (Å²) >= 11 is 0. The summed E-state index contributed by atoms with van der Waals surface area (Å²) in [5.74, 6) is -0.124. The van der Waals surface area contributed by atoms with Crippen molar-refractivity contribution in [3.05, 3.63) is 60.6 Å². The summed E-state index contributed by atoms with van der Waals surface area (Å²) in [5, 5.41) is 0.615. The SMILES string of the molecule is CCn1cccc1CN1CCN(c2ccc(-c3cn(C)c4ncnc(N)c34)c(F)c2)C1=O. The Labute approximate surface area is 184 Å². The Morgan fingerprint density at radius 2 is 2.00 bits per heavy atom. The maximum atomic E-state index is 15.2. The van der Waals surface area contributed by atoms with Gasteiger partial charge in [0.15, 0.2) is 0 Å². The van der Waals surface area contributed by atoms with E-state index in [0.717, 1.165) is 12.2 Å². The van der Waals surface area contributed by atoms with Crippen LogP contribution in [0.1, 0.15) is 12.6 Å². The Hall–Kier alpha value is -3.88. The largest absolute Gasteiger partial charge is 0.383 e. The highest BCUT2D eigenvalue weighted by Gasteiger charge is 2.30. The van der Waals surface area contributed by atoms with Crippen LogP contribution in [0.2, 0.25) is 0 Å². The lowest BCUT2D eigenvalue weighted by molar-refractivity contribution is 0.217. The van der Waals surface area contributed by atoms with Crippen molar-refractivity contribution < 1.29 is 9.18 Å². The Bertz CT molecular complexity index is 1330. The third-order valence-corrected chi connectivity index (χ3v) is 6.05. The van der Waals surface area contributed by atoms with Crippen LogP contribution in [0.3, 0.4) is 0 Å². The fourth-order valence-electron chi connectivity index (χ4n) is 4.40. The van der Waals surface area contributed by atoms with Gasteiger partial charge in [-0.2, -0.15) is 0 Å².